The molecule has 96 valence electrons. The third-order valence-electron chi connectivity index (χ3n) is 3.54. The van der Waals surface area contributed by atoms with Crippen LogP contribution in [-0.4, -0.2) is 0 Å². The van der Waals surface area contributed by atoms with Gasteiger partial charge in [0.2, 0.25) is 0 Å². The van der Waals surface area contributed by atoms with E-state index in [1.165, 1.54) is 0 Å². The van der Waals surface area contributed by atoms with E-state index in [2.05, 4.69) is 24.3 Å². The monoisotopic (exact) mass is 278 g/mol. The average Bonchev–Trinajstić information content (AvgIpc) is 2.88. The lowest BCUT2D eigenvalue weighted by Crippen LogP contribution is -1.78. The molecule has 0 aliphatic rings. The highest BCUT2D eigenvalue weighted by atomic mass is 35.5. The fourth-order valence-corrected chi connectivity index (χ4v) is 2.84. The van der Waals surface area contributed by atoms with Crippen molar-refractivity contribution in [3.63, 3.8) is 0 Å². The second-order valence-corrected chi connectivity index (χ2v) is 5.21. The molecule has 0 radical (unpaired) electrons. The largest absolute Gasteiger partial charge is 0.454 e. The summed E-state index contributed by atoms with van der Waals surface area (Å²) in [6, 6.07) is 22.3. The first-order chi connectivity index (χ1) is 9.83. The van der Waals surface area contributed by atoms with Crippen molar-refractivity contribution in [1.29, 1.82) is 0 Å². The zero-order chi connectivity index (χ0) is 13.5. The molecule has 4 rings (SSSR count). The molecule has 1 aromatic heterocycles. The Bertz CT molecular complexity index is 907. The smallest absolute Gasteiger partial charge is 0.154 e. The highest BCUT2D eigenvalue weighted by Crippen LogP contribution is 2.36. The van der Waals surface area contributed by atoms with Crippen LogP contribution in [0, 0.1) is 0 Å². The molecule has 2 heteroatoms. The molecule has 0 fully saturated rings. The van der Waals surface area contributed by atoms with Crippen LogP contribution in [0.4, 0.5) is 0 Å². The molecule has 3 aromatic carbocycles. The van der Waals surface area contributed by atoms with Crippen molar-refractivity contribution in [2.24, 2.45) is 0 Å². The number of benzene rings is 3. The van der Waals surface area contributed by atoms with Crippen molar-refractivity contribution < 1.29 is 4.42 Å². The van der Waals surface area contributed by atoms with Crippen molar-refractivity contribution in [2.75, 3.05) is 0 Å². The number of halogens is 1. The van der Waals surface area contributed by atoms with Crippen molar-refractivity contribution in [3.8, 4) is 11.1 Å². The summed E-state index contributed by atoms with van der Waals surface area (Å²) in [6.45, 7) is 0. The van der Waals surface area contributed by atoms with Gasteiger partial charge in [-0.05, 0) is 29.3 Å². The van der Waals surface area contributed by atoms with Crippen molar-refractivity contribution in [2.45, 2.75) is 0 Å². The van der Waals surface area contributed by atoms with Crippen LogP contribution in [0.1, 0.15) is 0 Å². The highest BCUT2D eigenvalue weighted by molar-refractivity contribution is 6.36. The zero-order valence-electron chi connectivity index (χ0n) is 10.6. The number of para-hydroxylation sites is 1. The van der Waals surface area contributed by atoms with Gasteiger partial charge in [0, 0.05) is 10.8 Å². The summed E-state index contributed by atoms with van der Waals surface area (Å²) < 4.78 is 5.84. The van der Waals surface area contributed by atoms with Gasteiger partial charge in [-0.2, -0.15) is 0 Å². The predicted molar refractivity (Wildman–Crippen MR) is 84.2 cm³/mol. The van der Waals surface area contributed by atoms with Crippen LogP contribution in [0.2, 0.25) is 5.02 Å². The molecule has 0 bridgehead atoms. The first kappa shape index (κ1) is 11.6. The maximum Gasteiger partial charge on any atom is 0.154 e. The van der Waals surface area contributed by atoms with E-state index in [-0.39, 0.29) is 0 Å². The van der Waals surface area contributed by atoms with Gasteiger partial charge >= 0.3 is 0 Å². The molecule has 4 aromatic rings. The summed E-state index contributed by atoms with van der Waals surface area (Å²) in [7, 11) is 0. The van der Waals surface area contributed by atoms with Gasteiger partial charge in [-0.25, -0.2) is 0 Å². The molecule has 1 nitrogen and oxygen atoms in total. The zero-order valence-corrected chi connectivity index (χ0v) is 11.4. The van der Waals surface area contributed by atoms with Gasteiger partial charge in [0.1, 0.15) is 5.58 Å². The summed E-state index contributed by atoms with van der Waals surface area (Å²) in [6.07, 6.45) is 0. The Morgan fingerprint density at radius 2 is 1.45 bits per heavy atom. The highest BCUT2D eigenvalue weighted by Gasteiger charge is 2.11. The fourth-order valence-electron chi connectivity index (χ4n) is 2.58. The van der Waals surface area contributed by atoms with E-state index in [0.717, 1.165) is 33.1 Å². The molecular weight excluding hydrogens is 268 g/mol. The van der Waals surface area contributed by atoms with E-state index in [1.54, 1.807) is 0 Å². The van der Waals surface area contributed by atoms with Gasteiger partial charge in [0.25, 0.3) is 0 Å². The Kier molecular flexibility index (Phi) is 2.54. The Morgan fingerprint density at radius 1 is 0.700 bits per heavy atom. The van der Waals surface area contributed by atoms with Crippen molar-refractivity contribution >= 4 is 33.5 Å². The predicted octanol–water partition coefficient (Wildman–Crippen LogP) is 5.91. The third kappa shape index (κ3) is 1.71. The van der Waals surface area contributed by atoms with Crippen LogP contribution < -0.4 is 0 Å². The minimum Gasteiger partial charge on any atom is -0.454 e. The second kappa shape index (κ2) is 4.39. The minimum absolute atomic E-state index is 0.651. The number of fused-ring (bicyclic) bond motifs is 3. The van der Waals surface area contributed by atoms with Crippen molar-refractivity contribution in [1.82, 2.24) is 0 Å². The Labute approximate surface area is 121 Å². The first-order valence-corrected chi connectivity index (χ1v) is 6.87. The van der Waals surface area contributed by atoms with Gasteiger partial charge in [-0.1, -0.05) is 60.1 Å². The lowest BCUT2D eigenvalue weighted by molar-refractivity contribution is 0.669. The molecule has 20 heavy (non-hydrogen) atoms. The van der Waals surface area contributed by atoms with Crippen molar-refractivity contribution in [3.05, 3.63) is 71.8 Å². The molecule has 1 heterocycles. The van der Waals surface area contributed by atoms with Crippen LogP contribution in [0.3, 0.4) is 0 Å². The Morgan fingerprint density at radius 3 is 2.30 bits per heavy atom. The first-order valence-electron chi connectivity index (χ1n) is 6.49. The Hall–Kier alpha value is -2.25. The summed E-state index contributed by atoms with van der Waals surface area (Å²) in [5.74, 6) is 0. The van der Waals surface area contributed by atoms with E-state index < -0.39 is 0 Å². The summed E-state index contributed by atoms with van der Waals surface area (Å²) in [4.78, 5) is 0. The van der Waals surface area contributed by atoms with E-state index >= 15 is 0 Å². The number of hydrogen-bond acceptors (Lipinski definition) is 1. The SMILES string of the molecule is Clc1cc(-c2ccccc2)cc2c1oc1ccccc12. The van der Waals surface area contributed by atoms with Gasteiger partial charge < -0.3 is 4.42 Å². The summed E-state index contributed by atoms with van der Waals surface area (Å²) in [5, 5.41) is 2.81. The second-order valence-electron chi connectivity index (χ2n) is 4.80. The van der Waals surface area contributed by atoms with Crippen LogP contribution in [0.15, 0.2) is 71.1 Å². The molecule has 0 N–H and O–H groups in total. The van der Waals surface area contributed by atoms with Gasteiger partial charge in [-0.15, -0.1) is 0 Å². The standard InChI is InChI=1S/C18H11ClO/c19-16-11-13(12-6-2-1-3-7-12)10-15-14-8-4-5-9-17(14)20-18(15)16/h1-11H. The summed E-state index contributed by atoms with van der Waals surface area (Å²) >= 11 is 6.39. The van der Waals surface area contributed by atoms with Gasteiger partial charge in [0.05, 0.1) is 5.02 Å². The maximum absolute atomic E-state index is 6.39. The quantitative estimate of drug-likeness (QED) is 0.422. The number of hydrogen-bond donors (Lipinski definition) is 0. The summed E-state index contributed by atoms with van der Waals surface area (Å²) in [5.41, 5.74) is 3.89. The van der Waals surface area contributed by atoms with Crippen LogP contribution in [0.5, 0.6) is 0 Å². The molecule has 0 aliphatic heterocycles. The molecule has 0 saturated carbocycles. The van der Waals surface area contributed by atoms with E-state index in [9.17, 15) is 0 Å². The molecule has 0 saturated heterocycles. The lowest BCUT2D eigenvalue weighted by Gasteiger charge is -2.03. The van der Waals surface area contributed by atoms with Gasteiger partial charge in [-0.3, -0.25) is 0 Å². The lowest BCUT2D eigenvalue weighted by atomic mass is 10.0. The number of furan rings is 1. The van der Waals surface area contributed by atoms with E-state index in [1.807, 2.05) is 42.5 Å². The molecule has 0 amide bonds. The van der Waals surface area contributed by atoms with Crippen LogP contribution in [-0.2, 0) is 0 Å². The maximum atomic E-state index is 6.39. The van der Waals surface area contributed by atoms with Crippen LogP contribution in [0.25, 0.3) is 33.1 Å². The molecular formula is C18H11ClO. The molecule has 0 atom stereocenters. The topological polar surface area (TPSA) is 13.1 Å². The van der Waals surface area contributed by atoms with E-state index in [0.29, 0.717) is 5.02 Å². The van der Waals surface area contributed by atoms with Gasteiger partial charge in [0.15, 0.2) is 5.58 Å². The minimum atomic E-state index is 0.651. The van der Waals surface area contributed by atoms with Crippen LogP contribution >= 0.6 is 11.6 Å². The fraction of sp³-hybridized carbons (Fsp3) is 0. The Balaban J connectivity index is 2.08. The average molecular weight is 279 g/mol. The van der Waals surface area contributed by atoms with E-state index in [4.69, 9.17) is 16.0 Å². The molecule has 0 aliphatic carbocycles. The third-order valence-corrected chi connectivity index (χ3v) is 3.82. The molecule has 0 spiro atoms. The molecule has 0 unspecified atom stereocenters. The normalized spacial score (nSPS) is 11.2. The number of rotatable bonds is 1.